The van der Waals surface area contributed by atoms with Gasteiger partial charge < -0.3 is 10.4 Å². The molecule has 0 radical (unpaired) electrons. The van der Waals surface area contributed by atoms with Gasteiger partial charge in [-0.15, -0.1) is 0 Å². The zero-order valence-corrected chi connectivity index (χ0v) is 21.9. The topological polar surface area (TPSA) is 96.4 Å². The molecule has 0 spiro atoms. The number of pyridine rings is 1. The molecule has 1 heterocycles. The lowest BCUT2D eigenvalue weighted by Gasteiger charge is -2.38. The summed E-state index contributed by atoms with van der Waals surface area (Å²) >= 11 is 6.28. The molecule has 4 atom stereocenters. The first-order chi connectivity index (χ1) is 18.5. The highest BCUT2D eigenvalue weighted by molar-refractivity contribution is 7.92. The molecule has 2 bridgehead atoms. The number of nitrogens with one attached hydrogen (secondary N) is 1. The van der Waals surface area contributed by atoms with Crippen molar-refractivity contribution in [2.24, 2.45) is 11.8 Å². The molecule has 2 aliphatic carbocycles. The molecule has 0 saturated heterocycles. The van der Waals surface area contributed by atoms with E-state index in [-0.39, 0.29) is 45.8 Å². The fourth-order valence-corrected chi connectivity index (χ4v) is 8.44. The summed E-state index contributed by atoms with van der Waals surface area (Å²) in [5, 5.41) is 12.5. The third-order valence-corrected chi connectivity index (χ3v) is 10.1. The molecule has 1 aromatic heterocycles. The predicted molar refractivity (Wildman–Crippen MR) is 138 cm³/mol. The first kappa shape index (κ1) is 27.2. The monoisotopic (exact) mass is 574 g/mol. The molecule has 2 N–H and O–H groups in total. The number of nitrogens with zero attached hydrogens (tertiary/aromatic N) is 1. The van der Waals surface area contributed by atoms with Crippen LogP contribution in [0.25, 0.3) is 0 Å². The number of aromatic nitrogens is 1. The summed E-state index contributed by atoms with van der Waals surface area (Å²) < 4.78 is 68.0. The maximum absolute atomic E-state index is 13.8. The number of hydrogen-bond donors (Lipinski definition) is 2. The molecule has 2 fully saturated rings. The van der Waals surface area contributed by atoms with Crippen LogP contribution in [0.2, 0.25) is 5.02 Å². The normalized spacial score (nSPS) is 24.1. The fraction of sp³-hybridized carbons (Fsp3) is 0.286. The Labute approximate surface area is 228 Å². The van der Waals surface area contributed by atoms with E-state index in [1.807, 2.05) is 0 Å². The second kappa shape index (κ2) is 10.3. The van der Waals surface area contributed by atoms with Crippen LogP contribution in [0.5, 0.6) is 0 Å². The van der Waals surface area contributed by atoms with Crippen molar-refractivity contribution in [1.82, 2.24) is 4.98 Å². The molecule has 2 aromatic carbocycles. The number of sulfone groups is 1. The van der Waals surface area contributed by atoms with E-state index in [1.54, 1.807) is 24.4 Å². The number of halogens is 4. The van der Waals surface area contributed by atoms with Crippen molar-refractivity contribution in [3.8, 4) is 11.8 Å². The van der Waals surface area contributed by atoms with Gasteiger partial charge in [-0.1, -0.05) is 23.6 Å². The lowest BCUT2D eigenvalue weighted by Crippen LogP contribution is -2.45. The number of fused-ring (bicyclic) bond motifs is 2. The van der Waals surface area contributed by atoms with Crippen LogP contribution in [0.4, 0.5) is 18.9 Å². The average Bonchev–Trinajstić information content (AvgIpc) is 3.20. The van der Waals surface area contributed by atoms with Gasteiger partial charge in [-0.3, -0.25) is 4.79 Å². The van der Waals surface area contributed by atoms with E-state index < -0.39 is 44.0 Å². The van der Waals surface area contributed by atoms with Gasteiger partial charge in [-0.25, -0.2) is 26.6 Å². The summed E-state index contributed by atoms with van der Waals surface area (Å²) in [4.78, 5) is 16.6. The fourth-order valence-electron chi connectivity index (χ4n) is 5.59. The van der Waals surface area contributed by atoms with Gasteiger partial charge in [0.15, 0.2) is 27.3 Å². The van der Waals surface area contributed by atoms with Crippen molar-refractivity contribution in [1.29, 1.82) is 0 Å². The van der Waals surface area contributed by atoms with Crippen molar-refractivity contribution >= 4 is 33.0 Å². The Morgan fingerprint density at radius 2 is 1.72 bits per heavy atom. The van der Waals surface area contributed by atoms with Crippen LogP contribution in [-0.2, 0) is 9.84 Å². The summed E-state index contributed by atoms with van der Waals surface area (Å²) in [6, 6.07) is 10.1. The van der Waals surface area contributed by atoms with E-state index in [0.717, 1.165) is 6.07 Å². The number of anilines is 1. The number of rotatable bonds is 4. The van der Waals surface area contributed by atoms with E-state index in [2.05, 4.69) is 22.1 Å². The number of benzene rings is 2. The van der Waals surface area contributed by atoms with Gasteiger partial charge in [-0.2, -0.15) is 0 Å². The lowest BCUT2D eigenvalue weighted by molar-refractivity contribution is 0.0340. The molecule has 1 unspecified atom stereocenters. The van der Waals surface area contributed by atoms with Crippen molar-refractivity contribution in [2.45, 2.75) is 41.4 Å². The van der Waals surface area contributed by atoms with Crippen molar-refractivity contribution in [3.63, 3.8) is 0 Å². The number of hydrogen-bond acceptors (Lipinski definition) is 5. The Hall–Kier alpha value is -3.39. The molecular weight excluding hydrogens is 553 g/mol. The highest BCUT2D eigenvalue weighted by atomic mass is 35.5. The predicted octanol–water partition coefficient (Wildman–Crippen LogP) is 5.15. The second-order valence-corrected chi connectivity index (χ2v) is 12.3. The molecule has 3 aromatic rings. The first-order valence-electron chi connectivity index (χ1n) is 12.1. The zero-order valence-electron chi connectivity index (χ0n) is 20.3. The van der Waals surface area contributed by atoms with Crippen molar-refractivity contribution in [2.75, 3.05) is 5.32 Å². The Balaban J connectivity index is 1.39. The average molecular weight is 575 g/mol. The van der Waals surface area contributed by atoms with Gasteiger partial charge in [0.1, 0.15) is 11.3 Å². The van der Waals surface area contributed by atoms with E-state index in [1.165, 1.54) is 12.1 Å². The maximum Gasteiger partial charge on any atom is 0.255 e. The van der Waals surface area contributed by atoms with E-state index in [4.69, 9.17) is 11.6 Å². The van der Waals surface area contributed by atoms with Crippen LogP contribution in [0, 0.1) is 41.1 Å². The van der Waals surface area contributed by atoms with Gasteiger partial charge in [-0.05, 0) is 73.8 Å². The van der Waals surface area contributed by atoms with E-state index in [9.17, 15) is 31.5 Å². The molecule has 0 aliphatic heterocycles. The lowest BCUT2D eigenvalue weighted by atomic mass is 9.77. The standard InChI is InChI=1S/C28H22ClF3N2O4S/c29-21-7-6-16(27(35)34-20-12-22(30)25(32)23(31)13-20)11-24(21)39(37,38)26-17-4-5-18(26)15-28(36,14-17)9-8-19-3-1-2-10-33-19/h1-3,6-7,10-13,17-18,26,36H,4-5,14-15H2,(H,34,35)/t17-,18?,26+,28+/m0/s1. The molecule has 5 rings (SSSR count). The SMILES string of the molecule is O=C(Nc1cc(F)c(F)c(F)c1)c1ccc(Cl)c(S(=O)(=O)[C@H]2C3CC[C@H]2C[C@](O)(C#Cc2ccccn2)C3)c1. The summed E-state index contributed by atoms with van der Waals surface area (Å²) in [5.74, 6) is -0.501. The van der Waals surface area contributed by atoms with Gasteiger partial charge in [0.2, 0.25) is 0 Å². The summed E-state index contributed by atoms with van der Waals surface area (Å²) in [5.41, 5.74) is -1.32. The molecule has 202 valence electrons. The van der Waals surface area contributed by atoms with Crippen LogP contribution in [0.1, 0.15) is 41.7 Å². The minimum atomic E-state index is -4.05. The van der Waals surface area contributed by atoms with Gasteiger partial charge in [0.05, 0.1) is 15.2 Å². The molecule has 6 nitrogen and oxygen atoms in total. The largest absolute Gasteiger partial charge is 0.378 e. The maximum atomic E-state index is 13.8. The van der Waals surface area contributed by atoms with E-state index in [0.29, 0.717) is 30.7 Å². The smallest absolute Gasteiger partial charge is 0.255 e. The first-order valence-corrected chi connectivity index (χ1v) is 14.1. The van der Waals surface area contributed by atoms with Crippen molar-refractivity contribution < 1.29 is 31.5 Å². The molecule has 1 amide bonds. The number of carbonyl (C=O) groups is 1. The number of aliphatic hydroxyl groups is 1. The van der Waals surface area contributed by atoms with Gasteiger partial charge in [0.25, 0.3) is 5.91 Å². The van der Waals surface area contributed by atoms with Crippen LogP contribution >= 0.6 is 11.6 Å². The zero-order chi connectivity index (χ0) is 27.9. The molecular formula is C28H22ClF3N2O4S. The number of amides is 1. The highest BCUT2D eigenvalue weighted by Crippen LogP contribution is 2.51. The Kier molecular flexibility index (Phi) is 7.18. The third kappa shape index (κ3) is 5.39. The quantitative estimate of drug-likeness (QED) is 0.332. The summed E-state index contributed by atoms with van der Waals surface area (Å²) in [7, 11) is -4.05. The van der Waals surface area contributed by atoms with Crippen LogP contribution in [-0.4, -0.2) is 35.3 Å². The minimum absolute atomic E-state index is 0.0828. The molecule has 2 aliphatic rings. The highest BCUT2D eigenvalue weighted by Gasteiger charge is 2.54. The molecule has 2 saturated carbocycles. The van der Waals surface area contributed by atoms with Crippen molar-refractivity contribution in [3.05, 3.63) is 88.5 Å². The van der Waals surface area contributed by atoms with Crippen LogP contribution in [0.3, 0.4) is 0 Å². The van der Waals surface area contributed by atoms with Gasteiger partial charge >= 0.3 is 0 Å². The van der Waals surface area contributed by atoms with E-state index >= 15 is 0 Å². The Morgan fingerprint density at radius 3 is 2.33 bits per heavy atom. The number of carbonyl (C=O) groups excluding carboxylic acids is 1. The van der Waals surface area contributed by atoms with Crippen LogP contribution < -0.4 is 5.32 Å². The third-order valence-electron chi connectivity index (χ3n) is 7.23. The Morgan fingerprint density at radius 1 is 1.05 bits per heavy atom. The molecule has 39 heavy (non-hydrogen) atoms. The Bertz CT molecular complexity index is 1590. The molecule has 11 heteroatoms. The minimum Gasteiger partial charge on any atom is -0.378 e. The van der Waals surface area contributed by atoms with Gasteiger partial charge in [0, 0.05) is 29.6 Å². The summed E-state index contributed by atoms with van der Waals surface area (Å²) in [6.45, 7) is 0. The summed E-state index contributed by atoms with van der Waals surface area (Å²) in [6.07, 6.45) is 3.08. The van der Waals surface area contributed by atoms with Crippen LogP contribution in [0.15, 0.2) is 59.6 Å². The second-order valence-electron chi connectivity index (χ2n) is 9.87.